The number of primary amides is 1. The van der Waals surface area contributed by atoms with Gasteiger partial charge in [-0.1, -0.05) is 6.07 Å². The second kappa shape index (κ2) is 9.57. The molecule has 4 N–H and O–H groups in total. The highest BCUT2D eigenvalue weighted by atomic mass is 35.5. The van der Waals surface area contributed by atoms with Crippen molar-refractivity contribution in [1.82, 2.24) is 19.9 Å². The van der Waals surface area contributed by atoms with E-state index in [9.17, 15) is 22.8 Å². The molecule has 1 aliphatic carbocycles. The minimum atomic E-state index is -4.68. The van der Waals surface area contributed by atoms with E-state index in [1.807, 2.05) is 0 Å². The van der Waals surface area contributed by atoms with Crippen molar-refractivity contribution in [1.29, 1.82) is 0 Å². The van der Waals surface area contributed by atoms with Crippen LogP contribution >= 0.6 is 12.4 Å². The summed E-state index contributed by atoms with van der Waals surface area (Å²) >= 11 is 0. The third kappa shape index (κ3) is 4.61. The average Bonchev–Trinajstić information content (AvgIpc) is 3.30. The minimum Gasteiger partial charge on any atom is -0.366 e. The quantitative estimate of drug-likeness (QED) is 0.362. The van der Waals surface area contributed by atoms with Crippen LogP contribution in [0.15, 0.2) is 42.7 Å². The molecule has 12 heteroatoms. The second-order valence-electron chi connectivity index (χ2n) is 8.21. The van der Waals surface area contributed by atoms with Gasteiger partial charge in [0.2, 0.25) is 11.9 Å². The number of pyridine rings is 1. The molecule has 0 fully saturated rings. The van der Waals surface area contributed by atoms with E-state index < -0.39 is 29.6 Å². The maximum Gasteiger partial charge on any atom is 0.433 e. The van der Waals surface area contributed by atoms with Crippen LogP contribution in [-0.2, 0) is 19.0 Å². The lowest BCUT2D eigenvalue weighted by molar-refractivity contribution is -0.142. The summed E-state index contributed by atoms with van der Waals surface area (Å²) in [5, 5.41) is 3.13. The normalized spacial score (nSPS) is 13.1. The van der Waals surface area contributed by atoms with Crippen molar-refractivity contribution in [2.75, 3.05) is 5.32 Å². The SMILES string of the molecule is Cl.NC(=O)c1cccc(C(=O)Nc2nc3c(c(C(F)(F)F)n2)CCCC3)c1-c1cnc2[nH]ccc2c1. The number of hydrogen-bond donors (Lipinski definition) is 3. The lowest BCUT2D eigenvalue weighted by Gasteiger charge is -2.20. The Morgan fingerprint density at radius 3 is 2.56 bits per heavy atom. The Balaban J connectivity index is 0.00000304. The number of aromatic nitrogens is 4. The van der Waals surface area contributed by atoms with Crippen LogP contribution in [0, 0.1) is 0 Å². The maximum atomic E-state index is 13.7. The number of nitrogens with one attached hydrogen (secondary N) is 2. The summed E-state index contributed by atoms with van der Waals surface area (Å²) < 4.78 is 41.0. The molecule has 3 aromatic heterocycles. The van der Waals surface area contributed by atoms with Crippen molar-refractivity contribution >= 4 is 41.2 Å². The molecule has 0 unspecified atom stereocenters. The molecule has 4 aromatic rings. The van der Waals surface area contributed by atoms with Crippen molar-refractivity contribution in [3.8, 4) is 11.1 Å². The van der Waals surface area contributed by atoms with Gasteiger partial charge in [-0.15, -0.1) is 12.4 Å². The molecule has 0 saturated carbocycles. The number of halogens is 4. The van der Waals surface area contributed by atoms with E-state index in [0.717, 1.165) is 5.39 Å². The second-order valence-corrected chi connectivity index (χ2v) is 8.21. The molecule has 0 spiro atoms. The van der Waals surface area contributed by atoms with E-state index in [0.29, 0.717) is 30.5 Å². The summed E-state index contributed by atoms with van der Waals surface area (Å²) in [7, 11) is 0. The fourth-order valence-corrected chi connectivity index (χ4v) is 4.39. The molecule has 1 aliphatic rings. The van der Waals surface area contributed by atoms with Gasteiger partial charge in [-0.3, -0.25) is 14.9 Å². The number of amides is 2. The Morgan fingerprint density at radius 2 is 1.81 bits per heavy atom. The molecule has 5 rings (SSSR count). The largest absolute Gasteiger partial charge is 0.433 e. The van der Waals surface area contributed by atoms with E-state index in [-0.39, 0.29) is 46.8 Å². The number of H-pyrrole nitrogens is 1. The summed E-state index contributed by atoms with van der Waals surface area (Å²) in [5.41, 5.74) is 6.23. The van der Waals surface area contributed by atoms with Crippen LogP contribution in [0.25, 0.3) is 22.2 Å². The van der Waals surface area contributed by atoms with Crippen molar-refractivity contribution in [3.05, 3.63) is 70.8 Å². The van der Waals surface area contributed by atoms with Gasteiger partial charge >= 0.3 is 6.18 Å². The van der Waals surface area contributed by atoms with Gasteiger partial charge in [0.1, 0.15) is 5.65 Å². The van der Waals surface area contributed by atoms with Crippen molar-refractivity contribution in [2.24, 2.45) is 5.73 Å². The van der Waals surface area contributed by atoms with Crippen molar-refractivity contribution in [2.45, 2.75) is 31.9 Å². The van der Waals surface area contributed by atoms with Gasteiger partial charge in [0, 0.05) is 51.3 Å². The van der Waals surface area contributed by atoms with Crippen LogP contribution in [0.2, 0.25) is 0 Å². The van der Waals surface area contributed by atoms with Gasteiger partial charge in [0.15, 0.2) is 5.69 Å². The van der Waals surface area contributed by atoms with Crippen LogP contribution in [-0.4, -0.2) is 31.8 Å². The summed E-state index contributed by atoms with van der Waals surface area (Å²) in [6.45, 7) is 0. The molecule has 0 saturated heterocycles. The van der Waals surface area contributed by atoms with Gasteiger partial charge in [-0.25, -0.2) is 15.0 Å². The number of nitrogens with zero attached hydrogens (tertiary/aromatic N) is 3. The van der Waals surface area contributed by atoms with Crippen LogP contribution in [0.5, 0.6) is 0 Å². The fourth-order valence-electron chi connectivity index (χ4n) is 4.39. The average molecular weight is 517 g/mol. The molecular weight excluding hydrogens is 497 g/mol. The van der Waals surface area contributed by atoms with Gasteiger partial charge in [0.25, 0.3) is 5.91 Å². The van der Waals surface area contributed by atoms with Gasteiger partial charge in [-0.05, 0) is 49.9 Å². The number of aromatic amines is 1. The van der Waals surface area contributed by atoms with Crippen LogP contribution < -0.4 is 11.1 Å². The number of carbonyl (C=O) groups is 2. The number of carbonyl (C=O) groups excluding carboxylic acids is 2. The van der Waals surface area contributed by atoms with Crippen molar-refractivity contribution in [3.63, 3.8) is 0 Å². The Morgan fingerprint density at radius 1 is 1.06 bits per heavy atom. The highest BCUT2D eigenvalue weighted by molar-refractivity contribution is 6.12. The molecule has 186 valence electrons. The fraction of sp³-hybridized carbons (Fsp3) is 0.208. The number of rotatable bonds is 4. The van der Waals surface area contributed by atoms with Crippen molar-refractivity contribution < 1.29 is 22.8 Å². The van der Waals surface area contributed by atoms with Gasteiger partial charge in [-0.2, -0.15) is 13.2 Å². The number of fused-ring (bicyclic) bond motifs is 2. The summed E-state index contributed by atoms with van der Waals surface area (Å²) in [5.74, 6) is -1.99. The molecular formula is C24H20ClF3N6O2. The molecule has 8 nitrogen and oxygen atoms in total. The Kier molecular flexibility index (Phi) is 6.68. The molecule has 0 radical (unpaired) electrons. The first-order valence-electron chi connectivity index (χ1n) is 10.9. The van der Waals surface area contributed by atoms with E-state index in [1.165, 1.54) is 24.4 Å². The van der Waals surface area contributed by atoms with Gasteiger partial charge < -0.3 is 10.7 Å². The number of aryl methyl sites for hydroxylation is 1. The maximum absolute atomic E-state index is 13.7. The van der Waals surface area contributed by atoms with Crippen LogP contribution in [0.1, 0.15) is 50.5 Å². The number of anilines is 1. The summed E-state index contributed by atoms with van der Waals surface area (Å²) in [4.78, 5) is 40.5. The zero-order valence-corrected chi connectivity index (χ0v) is 19.5. The van der Waals surface area contributed by atoms with Crippen LogP contribution in [0.3, 0.4) is 0 Å². The Hall–Kier alpha value is -3.99. The lowest BCUT2D eigenvalue weighted by atomic mass is 9.94. The van der Waals surface area contributed by atoms with E-state index in [1.54, 1.807) is 18.3 Å². The molecule has 36 heavy (non-hydrogen) atoms. The Bertz CT molecular complexity index is 1480. The smallest absolute Gasteiger partial charge is 0.366 e. The number of benzene rings is 1. The monoisotopic (exact) mass is 516 g/mol. The summed E-state index contributed by atoms with van der Waals surface area (Å²) in [6, 6.07) is 7.89. The molecule has 1 aromatic carbocycles. The summed E-state index contributed by atoms with van der Waals surface area (Å²) in [6.07, 6.45) is 0.419. The first-order valence-corrected chi connectivity index (χ1v) is 10.9. The molecule has 2 amide bonds. The Labute approximate surface area is 209 Å². The van der Waals surface area contributed by atoms with E-state index >= 15 is 0 Å². The molecule has 0 atom stereocenters. The van der Waals surface area contributed by atoms with Gasteiger partial charge in [0.05, 0.1) is 0 Å². The first-order chi connectivity index (χ1) is 16.7. The number of hydrogen-bond acceptors (Lipinski definition) is 5. The number of alkyl halides is 3. The van der Waals surface area contributed by atoms with Crippen LogP contribution in [0.4, 0.5) is 19.1 Å². The third-order valence-electron chi connectivity index (χ3n) is 5.94. The molecule has 3 heterocycles. The predicted octanol–water partition coefficient (Wildman–Crippen LogP) is 4.69. The topological polar surface area (TPSA) is 127 Å². The highest BCUT2D eigenvalue weighted by Gasteiger charge is 2.38. The molecule has 0 bridgehead atoms. The first kappa shape index (κ1) is 25.1. The third-order valence-corrected chi connectivity index (χ3v) is 5.94. The zero-order chi connectivity index (χ0) is 24.7. The van der Waals surface area contributed by atoms with E-state index in [2.05, 4.69) is 25.3 Å². The predicted molar refractivity (Wildman–Crippen MR) is 129 cm³/mol. The highest BCUT2D eigenvalue weighted by Crippen LogP contribution is 2.35. The minimum absolute atomic E-state index is 0. The lowest BCUT2D eigenvalue weighted by Crippen LogP contribution is -2.23. The van der Waals surface area contributed by atoms with E-state index in [4.69, 9.17) is 5.73 Å². The molecule has 0 aliphatic heterocycles. The number of nitrogens with two attached hydrogens (primary N) is 1. The standard InChI is InChI=1S/C24H19F3N6O2.ClH/c25-24(26,27)19-14-4-1-2-7-17(14)31-23(32-19)33-22(35)16-6-3-5-15(20(28)34)18(16)13-10-12-8-9-29-21(12)30-11-13;/h3,5-6,8-11H,1-2,4,7H2,(H2,28,34)(H,29,30)(H,31,32,33,35);1H. The zero-order valence-electron chi connectivity index (χ0n) is 18.6.